The number of nitrogens with zero attached hydrogens (tertiary/aromatic N) is 1. The quantitative estimate of drug-likeness (QED) is 0.637. The Hall–Kier alpha value is -1.13. The van der Waals surface area contributed by atoms with Gasteiger partial charge in [0.1, 0.15) is 6.10 Å². The van der Waals surface area contributed by atoms with Gasteiger partial charge in [0.2, 0.25) is 6.04 Å². The average molecular weight is 230 g/mol. The molecule has 0 bridgehead atoms. The highest BCUT2D eigenvalue weighted by atomic mass is 35.5. The molecule has 5 heteroatoms. The van der Waals surface area contributed by atoms with Crippen LogP contribution >= 0.6 is 11.6 Å². The molecule has 0 amide bonds. The third-order valence-corrected chi connectivity index (χ3v) is 2.52. The molecule has 0 aliphatic carbocycles. The molecular formula is C10H12ClNO3. The van der Waals surface area contributed by atoms with Gasteiger partial charge >= 0.3 is 0 Å². The van der Waals surface area contributed by atoms with Crippen molar-refractivity contribution in [1.82, 2.24) is 0 Å². The first-order valence-corrected chi connectivity index (χ1v) is 5.01. The summed E-state index contributed by atoms with van der Waals surface area (Å²) in [4.78, 5) is 10.2. The minimum absolute atomic E-state index is 0.288. The highest BCUT2D eigenvalue weighted by Gasteiger charge is 2.28. The van der Waals surface area contributed by atoms with E-state index in [4.69, 9.17) is 11.6 Å². The van der Waals surface area contributed by atoms with Gasteiger partial charge < -0.3 is 5.11 Å². The molecule has 1 aromatic rings. The Morgan fingerprint density at radius 2 is 2.00 bits per heavy atom. The van der Waals surface area contributed by atoms with Crippen LogP contribution in [0.5, 0.6) is 0 Å². The monoisotopic (exact) mass is 229 g/mol. The first-order chi connectivity index (χ1) is 7.06. The third kappa shape index (κ3) is 2.91. The second kappa shape index (κ2) is 5.09. The molecule has 0 spiro atoms. The van der Waals surface area contributed by atoms with E-state index in [9.17, 15) is 15.2 Å². The molecule has 0 aliphatic heterocycles. The number of rotatable bonds is 4. The third-order valence-electron chi connectivity index (χ3n) is 2.27. The topological polar surface area (TPSA) is 63.4 Å². The van der Waals surface area contributed by atoms with Crippen LogP contribution in [0.1, 0.15) is 25.0 Å². The van der Waals surface area contributed by atoms with E-state index >= 15 is 0 Å². The zero-order valence-electron chi connectivity index (χ0n) is 8.26. The Labute approximate surface area is 92.6 Å². The predicted molar refractivity (Wildman–Crippen MR) is 57.5 cm³/mol. The van der Waals surface area contributed by atoms with Crippen molar-refractivity contribution >= 4 is 11.6 Å². The van der Waals surface area contributed by atoms with Crippen molar-refractivity contribution in [2.24, 2.45) is 0 Å². The average Bonchev–Trinajstić information content (AvgIpc) is 2.19. The number of hydrogen-bond donors (Lipinski definition) is 1. The summed E-state index contributed by atoms with van der Waals surface area (Å²) in [5.74, 6) is 0. The fourth-order valence-electron chi connectivity index (χ4n) is 1.37. The van der Waals surface area contributed by atoms with E-state index < -0.39 is 17.1 Å². The Balaban J connectivity index is 2.87. The van der Waals surface area contributed by atoms with Crippen molar-refractivity contribution in [2.75, 3.05) is 0 Å². The maximum Gasteiger partial charge on any atom is 0.242 e. The molecule has 1 aromatic carbocycles. The summed E-state index contributed by atoms with van der Waals surface area (Å²) in [7, 11) is 0. The molecule has 0 aliphatic rings. The molecule has 4 nitrogen and oxygen atoms in total. The molecule has 0 heterocycles. The van der Waals surface area contributed by atoms with E-state index in [0.717, 1.165) is 0 Å². The predicted octanol–water partition coefficient (Wildman–Crippen LogP) is 2.43. The van der Waals surface area contributed by atoms with Gasteiger partial charge in [-0.05, 0) is 17.7 Å². The number of halogens is 1. The molecule has 0 saturated heterocycles. The smallest absolute Gasteiger partial charge is 0.242 e. The van der Waals surface area contributed by atoms with E-state index in [-0.39, 0.29) is 6.42 Å². The van der Waals surface area contributed by atoms with E-state index in [0.29, 0.717) is 10.6 Å². The maximum absolute atomic E-state index is 10.6. The number of hydrogen-bond acceptors (Lipinski definition) is 3. The molecule has 0 unspecified atom stereocenters. The van der Waals surface area contributed by atoms with Crippen LogP contribution in [0.3, 0.4) is 0 Å². The van der Waals surface area contributed by atoms with Gasteiger partial charge in [0, 0.05) is 16.4 Å². The van der Waals surface area contributed by atoms with E-state index in [1.54, 1.807) is 31.2 Å². The summed E-state index contributed by atoms with van der Waals surface area (Å²) < 4.78 is 0. The molecule has 0 radical (unpaired) electrons. The van der Waals surface area contributed by atoms with Crippen LogP contribution in [0.2, 0.25) is 5.02 Å². The zero-order valence-corrected chi connectivity index (χ0v) is 9.02. The lowest BCUT2D eigenvalue weighted by Gasteiger charge is -2.14. The van der Waals surface area contributed by atoms with Gasteiger partial charge in [0.15, 0.2) is 0 Å². The molecule has 82 valence electrons. The molecule has 0 saturated carbocycles. The lowest BCUT2D eigenvalue weighted by molar-refractivity contribution is -0.536. The first kappa shape index (κ1) is 11.9. The standard InChI is InChI=1S/C10H12ClNO3/c1-2-9(12(14)15)10(13)7-3-5-8(11)6-4-7/h3-6,9-10,13H,2H2,1H3/t9-,10-/m1/s1. The van der Waals surface area contributed by atoms with Crippen LogP contribution in [0.4, 0.5) is 0 Å². The Morgan fingerprint density at radius 3 is 2.40 bits per heavy atom. The van der Waals surface area contributed by atoms with E-state index in [1.807, 2.05) is 0 Å². The molecule has 1 rings (SSSR count). The fourth-order valence-corrected chi connectivity index (χ4v) is 1.50. The zero-order chi connectivity index (χ0) is 11.4. The van der Waals surface area contributed by atoms with Crippen LogP contribution in [-0.2, 0) is 0 Å². The molecule has 1 N–H and O–H groups in total. The van der Waals surface area contributed by atoms with E-state index in [1.165, 1.54) is 0 Å². The van der Waals surface area contributed by atoms with Crippen LogP contribution in [0.15, 0.2) is 24.3 Å². The van der Waals surface area contributed by atoms with Crippen LogP contribution in [-0.4, -0.2) is 16.1 Å². The van der Waals surface area contributed by atoms with Crippen LogP contribution in [0, 0.1) is 10.1 Å². The SMILES string of the molecule is CC[C@H]([C@H](O)c1ccc(Cl)cc1)[N+](=O)[O-]. The molecule has 0 fully saturated rings. The summed E-state index contributed by atoms with van der Waals surface area (Å²) in [5, 5.41) is 20.9. The van der Waals surface area contributed by atoms with Gasteiger partial charge in [-0.2, -0.15) is 0 Å². The summed E-state index contributed by atoms with van der Waals surface area (Å²) in [5.41, 5.74) is 0.517. The van der Waals surface area contributed by atoms with Crippen molar-refractivity contribution in [2.45, 2.75) is 25.5 Å². The van der Waals surface area contributed by atoms with Gasteiger partial charge in [-0.25, -0.2) is 0 Å². The second-order valence-electron chi connectivity index (χ2n) is 3.26. The highest BCUT2D eigenvalue weighted by molar-refractivity contribution is 6.30. The van der Waals surface area contributed by atoms with Crippen LogP contribution < -0.4 is 0 Å². The molecule has 2 atom stereocenters. The number of benzene rings is 1. The minimum atomic E-state index is -1.08. The van der Waals surface area contributed by atoms with Gasteiger partial charge in [-0.1, -0.05) is 30.7 Å². The summed E-state index contributed by atoms with van der Waals surface area (Å²) in [6, 6.07) is 5.43. The highest BCUT2D eigenvalue weighted by Crippen LogP contribution is 2.22. The number of aliphatic hydroxyl groups is 1. The van der Waals surface area contributed by atoms with Crippen molar-refractivity contribution in [3.05, 3.63) is 45.0 Å². The largest absolute Gasteiger partial charge is 0.381 e. The number of aliphatic hydroxyl groups excluding tert-OH is 1. The second-order valence-corrected chi connectivity index (χ2v) is 3.69. The Morgan fingerprint density at radius 1 is 1.47 bits per heavy atom. The van der Waals surface area contributed by atoms with E-state index in [2.05, 4.69) is 0 Å². The van der Waals surface area contributed by atoms with Crippen LogP contribution in [0.25, 0.3) is 0 Å². The summed E-state index contributed by atoms with van der Waals surface area (Å²) in [6.07, 6.45) is -0.793. The lowest BCUT2D eigenvalue weighted by Crippen LogP contribution is -2.26. The minimum Gasteiger partial charge on any atom is -0.381 e. The number of nitro groups is 1. The molecule has 15 heavy (non-hydrogen) atoms. The lowest BCUT2D eigenvalue weighted by atomic mass is 10.0. The van der Waals surface area contributed by atoms with Gasteiger partial charge in [-0.15, -0.1) is 0 Å². The van der Waals surface area contributed by atoms with Gasteiger partial charge in [0.05, 0.1) is 0 Å². The van der Waals surface area contributed by atoms with Crippen molar-refractivity contribution < 1.29 is 10.0 Å². The van der Waals surface area contributed by atoms with Crippen molar-refractivity contribution in [3.8, 4) is 0 Å². The van der Waals surface area contributed by atoms with Gasteiger partial charge in [-0.3, -0.25) is 10.1 Å². The normalized spacial score (nSPS) is 14.6. The fraction of sp³-hybridized carbons (Fsp3) is 0.400. The molecular weight excluding hydrogens is 218 g/mol. The summed E-state index contributed by atoms with van der Waals surface area (Å²) >= 11 is 5.68. The van der Waals surface area contributed by atoms with Gasteiger partial charge in [0.25, 0.3) is 0 Å². The summed E-state index contributed by atoms with van der Waals surface area (Å²) in [6.45, 7) is 1.67. The Bertz CT molecular complexity index is 339. The van der Waals surface area contributed by atoms with Crippen molar-refractivity contribution in [1.29, 1.82) is 0 Å². The maximum atomic E-state index is 10.6. The Kier molecular flexibility index (Phi) is 4.05. The molecule has 0 aromatic heterocycles. The first-order valence-electron chi connectivity index (χ1n) is 4.63. The van der Waals surface area contributed by atoms with Crippen molar-refractivity contribution in [3.63, 3.8) is 0 Å².